The van der Waals surface area contributed by atoms with Crippen molar-refractivity contribution in [3.63, 3.8) is 0 Å². The number of aryl methyl sites for hydroxylation is 2. The second kappa shape index (κ2) is 8.16. The number of fused-ring (bicyclic) bond motifs is 1. The molecule has 3 aromatic rings. The Morgan fingerprint density at radius 2 is 2.23 bits per heavy atom. The highest BCUT2D eigenvalue weighted by Gasteiger charge is 2.30. The van der Waals surface area contributed by atoms with Crippen LogP contribution in [0.3, 0.4) is 0 Å². The highest BCUT2D eigenvalue weighted by atomic mass is 35.5. The minimum absolute atomic E-state index is 0. The van der Waals surface area contributed by atoms with E-state index in [1.165, 1.54) is 4.70 Å². The molecule has 1 aliphatic rings. The number of amides is 1. The van der Waals surface area contributed by atoms with E-state index in [-0.39, 0.29) is 24.4 Å². The SMILES string of the molecule is Cl.Cn1ccnc1C1CNCCN1C(=O)CCc1nc2ccccc2s1. The second-order valence-corrected chi connectivity index (χ2v) is 7.39. The van der Waals surface area contributed by atoms with Gasteiger partial charge in [0.15, 0.2) is 0 Å². The van der Waals surface area contributed by atoms with Crippen LogP contribution in [0.4, 0.5) is 0 Å². The molecule has 1 unspecified atom stereocenters. The normalized spacial score (nSPS) is 17.3. The van der Waals surface area contributed by atoms with E-state index in [1.54, 1.807) is 17.5 Å². The van der Waals surface area contributed by atoms with Gasteiger partial charge >= 0.3 is 0 Å². The third-order valence-electron chi connectivity index (χ3n) is 4.61. The zero-order chi connectivity index (χ0) is 17.2. The fourth-order valence-corrected chi connectivity index (χ4v) is 4.28. The fourth-order valence-electron chi connectivity index (χ4n) is 3.32. The van der Waals surface area contributed by atoms with E-state index in [0.717, 1.165) is 36.0 Å². The Kier molecular flexibility index (Phi) is 5.90. The van der Waals surface area contributed by atoms with E-state index in [1.807, 2.05) is 40.9 Å². The molecule has 138 valence electrons. The molecule has 1 atom stereocenters. The third-order valence-corrected chi connectivity index (χ3v) is 5.71. The van der Waals surface area contributed by atoms with Gasteiger partial charge in [0.2, 0.25) is 5.91 Å². The van der Waals surface area contributed by atoms with Gasteiger partial charge in [0, 0.05) is 51.9 Å². The summed E-state index contributed by atoms with van der Waals surface area (Å²) in [6, 6.07) is 8.11. The molecule has 1 saturated heterocycles. The maximum Gasteiger partial charge on any atom is 0.223 e. The molecule has 1 aromatic carbocycles. The average Bonchev–Trinajstić information content (AvgIpc) is 3.25. The van der Waals surface area contributed by atoms with E-state index < -0.39 is 0 Å². The number of carbonyl (C=O) groups is 1. The van der Waals surface area contributed by atoms with E-state index in [9.17, 15) is 4.79 Å². The summed E-state index contributed by atoms with van der Waals surface area (Å²) in [4.78, 5) is 23.9. The van der Waals surface area contributed by atoms with Crippen LogP contribution in [0.1, 0.15) is 23.3 Å². The van der Waals surface area contributed by atoms with Crippen molar-refractivity contribution in [3.8, 4) is 0 Å². The third kappa shape index (κ3) is 3.75. The van der Waals surface area contributed by atoms with Crippen molar-refractivity contribution in [2.45, 2.75) is 18.9 Å². The maximum atomic E-state index is 12.8. The van der Waals surface area contributed by atoms with Crippen LogP contribution in [0, 0.1) is 0 Å². The number of piperazine rings is 1. The van der Waals surface area contributed by atoms with E-state index >= 15 is 0 Å². The number of imidazole rings is 1. The molecule has 0 aliphatic carbocycles. The number of aromatic nitrogens is 3. The van der Waals surface area contributed by atoms with Crippen molar-refractivity contribution in [2.24, 2.45) is 7.05 Å². The first-order valence-corrected chi connectivity index (χ1v) is 9.36. The van der Waals surface area contributed by atoms with E-state index in [4.69, 9.17) is 0 Å². The van der Waals surface area contributed by atoms with Crippen molar-refractivity contribution in [2.75, 3.05) is 19.6 Å². The zero-order valence-corrected chi connectivity index (χ0v) is 16.2. The fraction of sp³-hybridized carbons (Fsp3) is 0.389. The van der Waals surface area contributed by atoms with Crippen LogP contribution in [0.5, 0.6) is 0 Å². The Labute approximate surface area is 162 Å². The summed E-state index contributed by atoms with van der Waals surface area (Å²) in [5.74, 6) is 1.11. The molecule has 2 aromatic heterocycles. The first-order valence-electron chi connectivity index (χ1n) is 8.54. The molecule has 3 heterocycles. The van der Waals surface area contributed by atoms with Crippen LogP contribution in [0.25, 0.3) is 10.2 Å². The molecule has 1 amide bonds. The molecule has 26 heavy (non-hydrogen) atoms. The van der Waals surface area contributed by atoms with Gasteiger partial charge in [0.05, 0.1) is 15.2 Å². The van der Waals surface area contributed by atoms with Gasteiger partial charge in [-0.25, -0.2) is 9.97 Å². The van der Waals surface area contributed by atoms with Gasteiger partial charge in [0.1, 0.15) is 11.9 Å². The summed E-state index contributed by atoms with van der Waals surface area (Å²) in [5, 5.41) is 4.40. The van der Waals surface area contributed by atoms with Crippen LogP contribution in [-0.4, -0.2) is 45.0 Å². The van der Waals surface area contributed by atoms with Gasteiger partial charge < -0.3 is 14.8 Å². The number of hydrogen-bond acceptors (Lipinski definition) is 5. The molecule has 1 N–H and O–H groups in total. The lowest BCUT2D eigenvalue weighted by atomic mass is 10.1. The first-order chi connectivity index (χ1) is 12.2. The largest absolute Gasteiger partial charge is 0.336 e. The quantitative estimate of drug-likeness (QED) is 0.742. The standard InChI is InChI=1S/C18H21N5OS.ClH/c1-22-10-9-20-18(22)14-12-19-8-11-23(14)17(24)7-6-16-21-13-4-2-3-5-15(13)25-16;/h2-5,9-10,14,19H,6-8,11-12H2,1H3;1H. The molecule has 4 rings (SSSR count). The minimum Gasteiger partial charge on any atom is -0.336 e. The number of halogens is 1. The van der Waals surface area contributed by atoms with Crippen molar-refractivity contribution in [1.82, 2.24) is 24.8 Å². The molecule has 8 heteroatoms. The van der Waals surface area contributed by atoms with Gasteiger partial charge in [-0.15, -0.1) is 23.7 Å². The van der Waals surface area contributed by atoms with Gasteiger partial charge in [0.25, 0.3) is 0 Å². The lowest BCUT2D eigenvalue weighted by Gasteiger charge is -2.35. The molecule has 0 spiro atoms. The average molecular weight is 392 g/mol. The monoisotopic (exact) mass is 391 g/mol. The number of nitrogens with one attached hydrogen (secondary N) is 1. The summed E-state index contributed by atoms with van der Waals surface area (Å²) in [6.45, 7) is 2.29. The Morgan fingerprint density at radius 1 is 1.38 bits per heavy atom. The smallest absolute Gasteiger partial charge is 0.223 e. The molecule has 0 radical (unpaired) electrons. The molecule has 0 saturated carbocycles. The van der Waals surface area contributed by atoms with Gasteiger partial charge in [-0.1, -0.05) is 12.1 Å². The predicted molar refractivity (Wildman–Crippen MR) is 106 cm³/mol. The molecule has 1 aliphatic heterocycles. The molecular weight excluding hydrogens is 370 g/mol. The van der Waals surface area contributed by atoms with Crippen LogP contribution in [-0.2, 0) is 18.3 Å². The Balaban J connectivity index is 0.00000196. The summed E-state index contributed by atoms with van der Waals surface area (Å²) >= 11 is 1.68. The summed E-state index contributed by atoms with van der Waals surface area (Å²) in [5.41, 5.74) is 1.02. The molecular formula is C18H22ClN5OS. The number of nitrogens with zero attached hydrogens (tertiary/aromatic N) is 4. The van der Waals surface area contributed by atoms with Crippen molar-refractivity contribution >= 4 is 39.9 Å². The second-order valence-electron chi connectivity index (χ2n) is 6.28. The van der Waals surface area contributed by atoms with Crippen LogP contribution < -0.4 is 5.32 Å². The predicted octanol–water partition coefficient (Wildman–Crippen LogP) is 2.56. The Bertz CT molecular complexity index is 859. The summed E-state index contributed by atoms with van der Waals surface area (Å²) in [7, 11) is 1.97. The van der Waals surface area contributed by atoms with Crippen molar-refractivity contribution in [3.05, 3.63) is 47.5 Å². The van der Waals surface area contributed by atoms with Gasteiger partial charge in [-0.3, -0.25) is 4.79 Å². The number of benzene rings is 1. The number of rotatable bonds is 4. The topological polar surface area (TPSA) is 63.1 Å². The van der Waals surface area contributed by atoms with Crippen molar-refractivity contribution < 1.29 is 4.79 Å². The highest BCUT2D eigenvalue weighted by Crippen LogP contribution is 2.24. The van der Waals surface area contributed by atoms with E-state index in [0.29, 0.717) is 12.8 Å². The zero-order valence-electron chi connectivity index (χ0n) is 14.6. The number of hydrogen-bond donors (Lipinski definition) is 1. The Hall–Kier alpha value is -1.96. The molecule has 6 nitrogen and oxygen atoms in total. The molecule has 0 bridgehead atoms. The lowest BCUT2D eigenvalue weighted by Crippen LogP contribution is -2.49. The molecule has 1 fully saturated rings. The maximum absolute atomic E-state index is 12.8. The minimum atomic E-state index is -0.00313. The van der Waals surface area contributed by atoms with Gasteiger partial charge in [-0.05, 0) is 12.1 Å². The number of carbonyl (C=O) groups excluding carboxylic acids is 1. The Morgan fingerprint density at radius 3 is 3.00 bits per heavy atom. The number of para-hydroxylation sites is 1. The first kappa shape index (κ1) is 18.8. The van der Waals surface area contributed by atoms with Crippen molar-refractivity contribution in [1.29, 1.82) is 0 Å². The highest BCUT2D eigenvalue weighted by molar-refractivity contribution is 7.18. The van der Waals surface area contributed by atoms with E-state index in [2.05, 4.69) is 21.4 Å². The summed E-state index contributed by atoms with van der Waals surface area (Å²) < 4.78 is 3.17. The van der Waals surface area contributed by atoms with Gasteiger partial charge in [-0.2, -0.15) is 0 Å². The van der Waals surface area contributed by atoms with Crippen LogP contribution >= 0.6 is 23.7 Å². The van der Waals surface area contributed by atoms with Crippen LogP contribution in [0.15, 0.2) is 36.7 Å². The summed E-state index contributed by atoms with van der Waals surface area (Å²) in [6.07, 6.45) is 4.89. The number of thiazole rings is 1. The lowest BCUT2D eigenvalue weighted by molar-refractivity contribution is -0.134. The van der Waals surface area contributed by atoms with Crippen LogP contribution in [0.2, 0.25) is 0 Å².